The molecule has 1 N–H and O–H groups in total. The Bertz CT molecular complexity index is 1290. The Labute approximate surface area is 205 Å². The van der Waals surface area contributed by atoms with E-state index in [1.165, 1.54) is 19.1 Å². The van der Waals surface area contributed by atoms with E-state index < -0.39 is 0 Å². The fraction of sp³-hybridized carbons (Fsp3) is 0.444. The van der Waals surface area contributed by atoms with Crippen LogP contribution in [-0.4, -0.2) is 27.2 Å². The van der Waals surface area contributed by atoms with Gasteiger partial charge >= 0.3 is 0 Å². The van der Waals surface area contributed by atoms with Crippen molar-refractivity contribution in [1.29, 1.82) is 5.26 Å². The number of fused-ring (bicyclic) bond motifs is 1. The SMILES string of the molecule is CC#N.CCc1cc2c(c(OC(C)C)c(C(=O)NC3CCCC3)n2C)c(=O)n1-c1ccc(F)cc1. The molecule has 3 aromatic rings. The zero-order chi connectivity index (χ0) is 25.7. The van der Waals surface area contributed by atoms with Gasteiger partial charge in [-0.25, -0.2) is 4.39 Å². The molecular formula is C27H33FN4O3. The number of carbonyl (C=O) groups is 1. The molecule has 0 bridgehead atoms. The molecule has 0 spiro atoms. The van der Waals surface area contributed by atoms with Gasteiger partial charge < -0.3 is 14.6 Å². The molecule has 0 saturated heterocycles. The molecule has 35 heavy (non-hydrogen) atoms. The number of nitrogens with one attached hydrogen (secondary N) is 1. The van der Waals surface area contributed by atoms with Crippen molar-refractivity contribution in [2.75, 3.05) is 0 Å². The molecule has 0 unspecified atom stereocenters. The smallest absolute Gasteiger partial charge is 0.272 e. The van der Waals surface area contributed by atoms with Crippen molar-refractivity contribution in [3.05, 3.63) is 57.9 Å². The summed E-state index contributed by atoms with van der Waals surface area (Å²) >= 11 is 0. The summed E-state index contributed by atoms with van der Waals surface area (Å²) in [7, 11) is 1.79. The van der Waals surface area contributed by atoms with Crippen LogP contribution >= 0.6 is 0 Å². The van der Waals surface area contributed by atoms with Crippen LogP contribution in [0.2, 0.25) is 0 Å². The second-order valence-corrected chi connectivity index (χ2v) is 8.95. The molecule has 1 aliphatic rings. The molecule has 0 atom stereocenters. The van der Waals surface area contributed by atoms with Crippen molar-refractivity contribution >= 4 is 16.8 Å². The third-order valence-electron chi connectivity index (χ3n) is 6.11. The number of aryl methyl sites for hydroxylation is 2. The number of aromatic nitrogens is 2. The number of hydrogen-bond donors (Lipinski definition) is 1. The van der Waals surface area contributed by atoms with Crippen molar-refractivity contribution < 1.29 is 13.9 Å². The van der Waals surface area contributed by atoms with Crippen molar-refractivity contribution in [2.45, 2.75) is 71.9 Å². The highest BCUT2D eigenvalue weighted by Gasteiger charge is 2.29. The molecule has 2 aromatic heterocycles. The van der Waals surface area contributed by atoms with E-state index in [0.717, 1.165) is 31.4 Å². The first kappa shape index (κ1) is 26.0. The summed E-state index contributed by atoms with van der Waals surface area (Å²) in [5.41, 5.74) is 2.08. The molecule has 8 heteroatoms. The molecule has 1 saturated carbocycles. The number of benzene rings is 1. The molecular weight excluding hydrogens is 447 g/mol. The van der Waals surface area contributed by atoms with Gasteiger partial charge in [0.05, 0.1) is 17.7 Å². The fourth-order valence-corrected chi connectivity index (χ4v) is 4.58. The van der Waals surface area contributed by atoms with Crippen molar-refractivity contribution in [2.24, 2.45) is 7.05 Å². The minimum atomic E-state index is -0.365. The van der Waals surface area contributed by atoms with Gasteiger partial charge in [0.15, 0.2) is 11.4 Å². The molecule has 4 rings (SSSR count). The predicted molar refractivity (Wildman–Crippen MR) is 135 cm³/mol. The summed E-state index contributed by atoms with van der Waals surface area (Å²) in [6.45, 7) is 7.13. The Kier molecular flexibility index (Phi) is 8.34. The zero-order valence-corrected chi connectivity index (χ0v) is 21.0. The van der Waals surface area contributed by atoms with Gasteiger partial charge in [-0.3, -0.25) is 14.2 Å². The second kappa shape index (κ2) is 11.2. The number of nitrogens with zero attached hydrogens (tertiary/aromatic N) is 3. The van der Waals surface area contributed by atoms with E-state index in [1.54, 1.807) is 34.4 Å². The number of nitriles is 1. The number of ether oxygens (including phenoxy) is 1. The van der Waals surface area contributed by atoms with E-state index in [-0.39, 0.29) is 29.4 Å². The Balaban J connectivity index is 0.00000108. The third-order valence-corrected chi connectivity index (χ3v) is 6.11. The topological polar surface area (TPSA) is 89.1 Å². The summed E-state index contributed by atoms with van der Waals surface area (Å²) in [6.07, 6.45) is 4.52. The fourth-order valence-electron chi connectivity index (χ4n) is 4.58. The van der Waals surface area contributed by atoms with Crippen LogP contribution in [0.4, 0.5) is 4.39 Å². The normalized spacial score (nSPS) is 13.4. The third kappa shape index (κ3) is 5.40. The average molecular weight is 481 g/mol. The van der Waals surface area contributed by atoms with Crippen LogP contribution in [0.3, 0.4) is 0 Å². The lowest BCUT2D eigenvalue weighted by molar-refractivity contribution is 0.0924. The molecule has 1 aromatic carbocycles. The van der Waals surface area contributed by atoms with Crippen LogP contribution in [0, 0.1) is 17.1 Å². The molecule has 0 radical (unpaired) electrons. The van der Waals surface area contributed by atoms with Crippen LogP contribution in [0.15, 0.2) is 35.1 Å². The zero-order valence-electron chi connectivity index (χ0n) is 21.0. The van der Waals surface area contributed by atoms with Gasteiger partial charge in [0.25, 0.3) is 11.5 Å². The second-order valence-electron chi connectivity index (χ2n) is 8.95. The first-order chi connectivity index (χ1) is 16.7. The van der Waals surface area contributed by atoms with Gasteiger partial charge in [0, 0.05) is 31.4 Å². The van der Waals surface area contributed by atoms with E-state index in [2.05, 4.69) is 5.32 Å². The Morgan fingerprint density at radius 1 is 1.26 bits per heavy atom. The minimum Gasteiger partial charge on any atom is -0.488 e. The highest BCUT2D eigenvalue weighted by atomic mass is 19.1. The number of rotatable bonds is 6. The molecule has 7 nitrogen and oxygen atoms in total. The maximum absolute atomic E-state index is 13.8. The summed E-state index contributed by atoms with van der Waals surface area (Å²) < 4.78 is 22.9. The number of pyridine rings is 1. The van der Waals surface area contributed by atoms with Gasteiger partial charge in [-0.2, -0.15) is 5.26 Å². The predicted octanol–water partition coefficient (Wildman–Crippen LogP) is 5.02. The molecule has 1 amide bonds. The van der Waals surface area contributed by atoms with E-state index >= 15 is 0 Å². The van der Waals surface area contributed by atoms with Gasteiger partial charge in [0.2, 0.25) is 0 Å². The molecule has 1 aliphatic carbocycles. The van der Waals surface area contributed by atoms with Gasteiger partial charge in [-0.15, -0.1) is 0 Å². The van der Waals surface area contributed by atoms with Crippen molar-refractivity contribution in [3.8, 4) is 17.5 Å². The maximum atomic E-state index is 13.8. The standard InChI is InChI=1S/C25H30FN3O3.C2H3N/c1-5-18-14-20-21(25(31)29(18)19-12-10-16(26)11-13-19)23(32-15(2)3)22(28(20)4)24(30)27-17-8-6-7-9-17;1-2-3/h10-15,17H,5-9H2,1-4H3,(H,27,30);1H3. The van der Waals surface area contributed by atoms with Gasteiger partial charge in [0.1, 0.15) is 11.2 Å². The van der Waals surface area contributed by atoms with E-state index in [0.29, 0.717) is 34.5 Å². The number of hydrogen-bond acceptors (Lipinski definition) is 4. The highest BCUT2D eigenvalue weighted by molar-refractivity contribution is 6.04. The lowest BCUT2D eigenvalue weighted by Gasteiger charge is -2.15. The highest BCUT2D eigenvalue weighted by Crippen LogP contribution is 2.33. The van der Waals surface area contributed by atoms with Crippen molar-refractivity contribution in [3.63, 3.8) is 0 Å². The number of halogens is 1. The lowest BCUT2D eigenvalue weighted by atomic mass is 10.2. The summed E-state index contributed by atoms with van der Waals surface area (Å²) in [6, 6.07) is 9.65. The van der Waals surface area contributed by atoms with Crippen LogP contribution in [-0.2, 0) is 13.5 Å². The summed E-state index contributed by atoms with van der Waals surface area (Å²) in [5, 5.41) is 10.8. The molecule has 2 heterocycles. The van der Waals surface area contributed by atoms with Crippen molar-refractivity contribution in [1.82, 2.24) is 14.5 Å². The minimum absolute atomic E-state index is 0.148. The van der Waals surface area contributed by atoms with Crippen LogP contribution in [0.1, 0.15) is 69.6 Å². The number of carbonyl (C=O) groups excluding carboxylic acids is 1. The first-order valence-corrected chi connectivity index (χ1v) is 12.0. The number of amides is 1. The lowest BCUT2D eigenvalue weighted by Crippen LogP contribution is -2.34. The molecule has 0 aliphatic heterocycles. The summed E-state index contributed by atoms with van der Waals surface area (Å²) in [4.78, 5) is 27.1. The van der Waals surface area contributed by atoms with E-state index in [9.17, 15) is 14.0 Å². The monoisotopic (exact) mass is 480 g/mol. The van der Waals surface area contributed by atoms with Crippen LogP contribution < -0.4 is 15.6 Å². The molecule has 186 valence electrons. The Hall–Kier alpha value is -3.60. The quantitative estimate of drug-likeness (QED) is 0.536. The Morgan fingerprint density at radius 2 is 1.86 bits per heavy atom. The average Bonchev–Trinajstić information content (AvgIpc) is 3.41. The first-order valence-electron chi connectivity index (χ1n) is 12.0. The maximum Gasteiger partial charge on any atom is 0.272 e. The largest absolute Gasteiger partial charge is 0.488 e. The van der Waals surface area contributed by atoms with Gasteiger partial charge in [-0.05, 0) is 63.4 Å². The van der Waals surface area contributed by atoms with E-state index in [4.69, 9.17) is 10.00 Å². The van der Waals surface area contributed by atoms with Crippen LogP contribution in [0.5, 0.6) is 5.75 Å². The van der Waals surface area contributed by atoms with E-state index in [1.807, 2.05) is 26.8 Å². The molecule has 1 fully saturated rings. The van der Waals surface area contributed by atoms with Gasteiger partial charge in [-0.1, -0.05) is 19.8 Å². The summed E-state index contributed by atoms with van der Waals surface area (Å²) in [5.74, 6) is -0.288. The van der Waals surface area contributed by atoms with Crippen LogP contribution in [0.25, 0.3) is 16.6 Å². The Morgan fingerprint density at radius 3 is 2.40 bits per heavy atom.